The van der Waals surface area contributed by atoms with Gasteiger partial charge in [0.2, 0.25) is 5.91 Å². The molecule has 1 aliphatic carbocycles. The van der Waals surface area contributed by atoms with Crippen molar-refractivity contribution < 1.29 is 22.7 Å². The molecule has 140 valence electrons. The Kier molecular flexibility index (Phi) is 5.29. The number of hydrogen-bond donors (Lipinski definition) is 1. The molecule has 0 heterocycles. The van der Waals surface area contributed by atoms with Crippen LogP contribution in [-0.2, 0) is 4.79 Å². The van der Waals surface area contributed by atoms with E-state index in [9.17, 15) is 18.0 Å². The zero-order chi connectivity index (χ0) is 19.6. The van der Waals surface area contributed by atoms with Gasteiger partial charge in [0.05, 0.1) is 5.56 Å². The third-order valence-electron chi connectivity index (χ3n) is 4.16. The van der Waals surface area contributed by atoms with Crippen LogP contribution in [0.5, 0.6) is 5.75 Å². The molecule has 27 heavy (non-hydrogen) atoms. The predicted molar refractivity (Wildman–Crippen MR) is 93.6 cm³/mol. The molecule has 0 spiro atoms. The number of alkyl halides is 3. The molecule has 2 atom stereocenters. The fourth-order valence-corrected chi connectivity index (χ4v) is 3.00. The van der Waals surface area contributed by atoms with Crippen molar-refractivity contribution in [1.29, 1.82) is 5.26 Å². The van der Waals surface area contributed by atoms with E-state index < -0.39 is 12.8 Å². The van der Waals surface area contributed by atoms with Gasteiger partial charge in [0.25, 0.3) is 0 Å². The Morgan fingerprint density at radius 1 is 1.30 bits per heavy atom. The predicted octanol–water partition coefficient (Wildman–Crippen LogP) is 4.89. The molecule has 0 aliphatic heterocycles. The van der Waals surface area contributed by atoms with Gasteiger partial charge in [-0.15, -0.1) is 0 Å². The number of hydrogen-bond acceptors (Lipinski definition) is 3. The largest absolute Gasteiger partial charge is 0.483 e. The fraction of sp³-hybridized carbons (Fsp3) is 0.263. The summed E-state index contributed by atoms with van der Waals surface area (Å²) in [6, 6.07) is 13.0. The molecule has 0 bridgehead atoms. The van der Waals surface area contributed by atoms with Gasteiger partial charge in [-0.1, -0.05) is 23.7 Å². The van der Waals surface area contributed by atoms with E-state index in [1.165, 1.54) is 18.2 Å². The highest BCUT2D eigenvalue weighted by Gasteiger charge is 2.44. The van der Waals surface area contributed by atoms with Gasteiger partial charge in [-0.3, -0.25) is 4.79 Å². The van der Waals surface area contributed by atoms with Gasteiger partial charge in [-0.25, -0.2) is 0 Å². The van der Waals surface area contributed by atoms with E-state index in [0.29, 0.717) is 17.1 Å². The summed E-state index contributed by atoms with van der Waals surface area (Å²) in [5, 5.41) is 12.4. The summed E-state index contributed by atoms with van der Waals surface area (Å²) in [6.45, 7) is -1.49. The molecule has 1 fully saturated rings. The molecular formula is C19H14ClF3N2O2. The number of carbonyl (C=O) groups excluding carboxylic acids is 1. The summed E-state index contributed by atoms with van der Waals surface area (Å²) >= 11 is 5.96. The molecule has 0 aromatic heterocycles. The Hall–Kier alpha value is -2.72. The van der Waals surface area contributed by atoms with Crippen molar-refractivity contribution in [3.8, 4) is 11.8 Å². The van der Waals surface area contributed by atoms with Crippen molar-refractivity contribution >= 4 is 23.2 Å². The second-order valence-corrected chi connectivity index (χ2v) is 6.66. The van der Waals surface area contributed by atoms with E-state index in [2.05, 4.69) is 10.1 Å². The minimum atomic E-state index is -4.50. The minimum Gasteiger partial charge on any atom is -0.483 e. The van der Waals surface area contributed by atoms with Gasteiger partial charge in [-0.2, -0.15) is 18.4 Å². The summed E-state index contributed by atoms with van der Waals surface area (Å²) in [7, 11) is 0. The molecular weight excluding hydrogens is 381 g/mol. The number of amides is 1. The van der Waals surface area contributed by atoms with Crippen molar-refractivity contribution in [2.75, 3.05) is 11.9 Å². The number of nitrogens with zero attached hydrogens (tertiary/aromatic N) is 1. The van der Waals surface area contributed by atoms with Gasteiger partial charge in [0.15, 0.2) is 6.61 Å². The second-order valence-electron chi connectivity index (χ2n) is 6.22. The van der Waals surface area contributed by atoms with Gasteiger partial charge in [0.1, 0.15) is 11.8 Å². The van der Waals surface area contributed by atoms with E-state index in [0.717, 1.165) is 5.56 Å². The molecule has 2 aromatic rings. The van der Waals surface area contributed by atoms with Crippen LogP contribution in [-0.4, -0.2) is 18.7 Å². The first-order valence-corrected chi connectivity index (χ1v) is 8.44. The number of halogens is 4. The van der Waals surface area contributed by atoms with Gasteiger partial charge in [-0.05, 0) is 48.2 Å². The van der Waals surface area contributed by atoms with Crippen molar-refractivity contribution in [3.63, 3.8) is 0 Å². The first-order valence-electron chi connectivity index (χ1n) is 8.07. The molecule has 1 amide bonds. The van der Waals surface area contributed by atoms with E-state index in [4.69, 9.17) is 16.9 Å². The highest BCUT2D eigenvalue weighted by molar-refractivity contribution is 6.30. The zero-order valence-corrected chi connectivity index (χ0v) is 14.6. The van der Waals surface area contributed by atoms with Crippen LogP contribution >= 0.6 is 11.6 Å². The highest BCUT2D eigenvalue weighted by Crippen LogP contribution is 2.48. The zero-order valence-electron chi connectivity index (χ0n) is 13.9. The monoisotopic (exact) mass is 394 g/mol. The van der Waals surface area contributed by atoms with E-state index in [1.807, 2.05) is 18.2 Å². The summed E-state index contributed by atoms with van der Waals surface area (Å²) in [6.07, 6.45) is -3.81. The van der Waals surface area contributed by atoms with Gasteiger partial charge >= 0.3 is 6.18 Å². The first-order chi connectivity index (χ1) is 12.8. The average Bonchev–Trinajstić information content (AvgIpc) is 3.40. The van der Waals surface area contributed by atoms with Crippen molar-refractivity contribution in [2.45, 2.75) is 18.5 Å². The standard InChI is InChI=1S/C19H14ClF3N2O2/c20-13-3-1-2-11(6-13)15-8-16(15)18(26)25-14-4-5-17(12(7-14)9-24)27-10-19(21,22)23/h1-7,15-16H,8,10H2,(H,25,26). The lowest BCUT2D eigenvalue weighted by atomic mass is 10.1. The number of carbonyl (C=O) groups is 1. The molecule has 1 aliphatic rings. The highest BCUT2D eigenvalue weighted by atomic mass is 35.5. The average molecular weight is 395 g/mol. The molecule has 1 saturated carbocycles. The second kappa shape index (κ2) is 7.49. The summed E-state index contributed by atoms with van der Waals surface area (Å²) in [5.41, 5.74) is 1.23. The van der Waals surface area contributed by atoms with Crippen molar-refractivity contribution in [1.82, 2.24) is 0 Å². The quantitative estimate of drug-likeness (QED) is 0.785. The number of ether oxygens (including phenoxy) is 1. The van der Waals surface area contributed by atoms with Crippen molar-refractivity contribution in [3.05, 3.63) is 58.6 Å². The lowest BCUT2D eigenvalue weighted by molar-refractivity contribution is -0.153. The van der Waals surface area contributed by atoms with E-state index in [-0.39, 0.29) is 29.1 Å². The Morgan fingerprint density at radius 3 is 2.74 bits per heavy atom. The number of nitrogens with one attached hydrogen (secondary N) is 1. The maximum Gasteiger partial charge on any atom is 0.422 e. The number of anilines is 1. The normalized spacial score (nSPS) is 18.5. The van der Waals surface area contributed by atoms with Crippen LogP contribution in [0.2, 0.25) is 5.02 Å². The maximum atomic E-state index is 12.4. The van der Waals surface area contributed by atoms with Crippen LogP contribution in [0.4, 0.5) is 18.9 Å². The Balaban J connectivity index is 1.64. The lowest BCUT2D eigenvalue weighted by Crippen LogP contribution is -2.19. The lowest BCUT2D eigenvalue weighted by Gasteiger charge is -2.12. The SMILES string of the molecule is N#Cc1cc(NC(=O)C2CC2c2cccc(Cl)c2)ccc1OCC(F)(F)F. The third-order valence-corrected chi connectivity index (χ3v) is 4.40. The molecule has 4 nitrogen and oxygen atoms in total. The van der Waals surface area contributed by atoms with Crippen molar-refractivity contribution in [2.24, 2.45) is 5.92 Å². The summed E-state index contributed by atoms with van der Waals surface area (Å²) in [5.74, 6) is -0.535. The molecule has 2 aromatic carbocycles. The maximum absolute atomic E-state index is 12.4. The van der Waals surface area contributed by atoms with Crippen LogP contribution < -0.4 is 10.1 Å². The van der Waals surface area contributed by atoms with Gasteiger partial charge < -0.3 is 10.1 Å². The summed E-state index contributed by atoms with van der Waals surface area (Å²) in [4.78, 5) is 12.4. The molecule has 3 rings (SSSR count). The number of benzene rings is 2. The first kappa shape index (κ1) is 19.1. The molecule has 8 heteroatoms. The molecule has 0 radical (unpaired) electrons. The number of rotatable bonds is 5. The number of nitriles is 1. The van der Waals surface area contributed by atoms with Crippen LogP contribution in [0, 0.1) is 17.2 Å². The minimum absolute atomic E-state index is 0.0773. The van der Waals surface area contributed by atoms with Crippen LogP contribution in [0.15, 0.2) is 42.5 Å². The molecule has 1 N–H and O–H groups in total. The summed E-state index contributed by atoms with van der Waals surface area (Å²) < 4.78 is 41.4. The Morgan fingerprint density at radius 2 is 2.07 bits per heavy atom. The Labute approximate surface area is 158 Å². The molecule has 0 saturated heterocycles. The fourth-order valence-electron chi connectivity index (χ4n) is 2.81. The van der Waals surface area contributed by atoms with Crippen LogP contribution in [0.25, 0.3) is 0 Å². The van der Waals surface area contributed by atoms with Crippen LogP contribution in [0.1, 0.15) is 23.5 Å². The van der Waals surface area contributed by atoms with Crippen LogP contribution in [0.3, 0.4) is 0 Å². The van der Waals surface area contributed by atoms with E-state index >= 15 is 0 Å². The molecule has 2 unspecified atom stereocenters. The van der Waals surface area contributed by atoms with Gasteiger partial charge in [0, 0.05) is 16.6 Å². The Bertz CT molecular complexity index is 909. The van der Waals surface area contributed by atoms with E-state index in [1.54, 1.807) is 12.1 Å². The smallest absolute Gasteiger partial charge is 0.422 e. The topological polar surface area (TPSA) is 62.1 Å². The third kappa shape index (κ3) is 4.92.